The Morgan fingerprint density at radius 2 is 2.00 bits per heavy atom. The molecule has 0 spiro atoms. The van der Waals surface area contributed by atoms with Crippen molar-refractivity contribution in [3.05, 3.63) is 29.8 Å². The molecule has 0 saturated carbocycles. The summed E-state index contributed by atoms with van der Waals surface area (Å²) in [7, 11) is 1.82. The number of carbonyl (C=O) groups is 1. The van der Waals surface area contributed by atoms with Gasteiger partial charge >= 0.3 is 6.03 Å². The van der Waals surface area contributed by atoms with E-state index in [-0.39, 0.29) is 17.6 Å². The smallest absolute Gasteiger partial charge is 0.317 e. The van der Waals surface area contributed by atoms with E-state index in [1.54, 1.807) is 4.90 Å². The van der Waals surface area contributed by atoms with Crippen LogP contribution in [0.15, 0.2) is 24.3 Å². The quantitative estimate of drug-likeness (QED) is 0.830. The Labute approximate surface area is 158 Å². The minimum atomic E-state index is -0.0443. The van der Waals surface area contributed by atoms with E-state index in [0.29, 0.717) is 25.6 Å². The summed E-state index contributed by atoms with van der Waals surface area (Å²) >= 11 is 0. The summed E-state index contributed by atoms with van der Waals surface area (Å²) in [5, 5.41) is 3.09. The van der Waals surface area contributed by atoms with Crippen molar-refractivity contribution in [2.24, 2.45) is 11.3 Å². The third-order valence-corrected chi connectivity index (χ3v) is 4.81. The summed E-state index contributed by atoms with van der Waals surface area (Å²) in [6.45, 7) is 11.3. The fourth-order valence-corrected chi connectivity index (χ4v) is 3.57. The van der Waals surface area contributed by atoms with Gasteiger partial charge in [0.2, 0.25) is 0 Å². The lowest BCUT2D eigenvalue weighted by Gasteiger charge is -2.40. The monoisotopic (exact) mass is 362 g/mol. The fraction of sp³-hybridized carbons (Fsp3) is 0.667. The molecule has 1 N–H and O–H groups in total. The van der Waals surface area contributed by atoms with Crippen molar-refractivity contribution in [3.63, 3.8) is 0 Å². The first-order valence-electron chi connectivity index (χ1n) is 9.63. The first kappa shape index (κ1) is 20.6. The number of rotatable bonds is 6. The van der Waals surface area contributed by atoms with Gasteiger partial charge < -0.3 is 19.7 Å². The molecule has 2 unspecified atom stereocenters. The number of amides is 2. The van der Waals surface area contributed by atoms with Crippen molar-refractivity contribution >= 4 is 6.03 Å². The molecule has 1 heterocycles. The van der Waals surface area contributed by atoms with E-state index in [2.05, 4.69) is 26.1 Å². The molecule has 26 heavy (non-hydrogen) atoms. The second kappa shape index (κ2) is 9.26. The zero-order valence-electron chi connectivity index (χ0n) is 16.9. The van der Waals surface area contributed by atoms with Gasteiger partial charge in [-0.15, -0.1) is 0 Å². The van der Waals surface area contributed by atoms with E-state index in [1.165, 1.54) is 0 Å². The summed E-state index contributed by atoms with van der Waals surface area (Å²) in [6.07, 6.45) is 2.35. The topological polar surface area (TPSA) is 50.8 Å². The van der Waals surface area contributed by atoms with Crippen molar-refractivity contribution < 1.29 is 14.3 Å². The van der Waals surface area contributed by atoms with Crippen molar-refractivity contribution in [1.29, 1.82) is 0 Å². The third-order valence-electron chi connectivity index (χ3n) is 4.81. The molecule has 0 bridgehead atoms. The summed E-state index contributed by atoms with van der Waals surface area (Å²) in [4.78, 5) is 14.2. The maximum Gasteiger partial charge on any atom is 0.317 e. The number of hydrogen-bond donors (Lipinski definition) is 1. The molecule has 2 amide bonds. The minimum absolute atomic E-state index is 0.0443. The molecule has 0 radical (unpaired) electrons. The zero-order valence-corrected chi connectivity index (χ0v) is 16.9. The highest BCUT2D eigenvalue weighted by molar-refractivity contribution is 5.73. The molecule has 2 rings (SSSR count). The lowest BCUT2D eigenvalue weighted by Crippen LogP contribution is -2.47. The highest BCUT2D eigenvalue weighted by Crippen LogP contribution is 2.33. The Morgan fingerprint density at radius 1 is 1.31 bits per heavy atom. The number of hydrogen-bond acceptors (Lipinski definition) is 3. The molecule has 146 valence electrons. The van der Waals surface area contributed by atoms with Gasteiger partial charge in [-0.1, -0.05) is 32.9 Å². The lowest BCUT2D eigenvalue weighted by molar-refractivity contribution is -0.0839. The summed E-state index contributed by atoms with van der Waals surface area (Å²) in [5.41, 5.74) is 1.17. The van der Waals surface area contributed by atoms with E-state index in [9.17, 15) is 4.79 Å². The van der Waals surface area contributed by atoms with Gasteiger partial charge in [0.1, 0.15) is 5.75 Å². The van der Waals surface area contributed by atoms with E-state index in [0.717, 1.165) is 30.8 Å². The van der Waals surface area contributed by atoms with Crippen LogP contribution in [0.2, 0.25) is 0 Å². The van der Waals surface area contributed by atoms with Crippen LogP contribution in [0.4, 0.5) is 4.79 Å². The highest BCUT2D eigenvalue weighted by Gasteiger charge is 2.35. The Hall–Kier alpha value is -1.75. The predicted octanol–water partition coefficient (Wildman–Crippen LogP) is 4.07. The average molecular weight is 363 g/mol. The van der Waals surface area contributed by atoms with Crippen LogP contribution in [-0.2, 0) is 11.3 Å². The van der Waals surface area contributed by atoms with Crippen LogP contribution >= 0.6 is 0 Å². The number of benzene rings is 1. The average Bonchev–Trinajstić information content (AvgIpc) is 2.61. The number of nitrogens with one attached hydrogen (secondary N) is 1. The van der Waals surface area contributed by atoms with Gasteiger partial charge in [0.25, 0.3) is 0 Å². The molecule has 1 aromatic rings. The van der Waals surface area contributed by atoms with Gasteiger partial charge in [-0.2, -0.15) is 0 Å². The standard InChI is InChI=1S/C21H34N2O3/c1-6-25-18-11-9-16(10-12-18)15-23(5)20(24)22-14-17-8-7-13-26-19(17)21(2,3)4/h9-12,17,19H,6-8,13-15H2,1-5H3,(H,22,24). The largest absolute Gasteiger partial charge is 0.494 e. The molecule has 1 aromatic carbocycles. The Bertz CT molecular complexity index is 566. The lowest BCUT2D eigenvalue weighted by atomic mass is 9.78. The molecular weight excluding hydrogens is 328 g/mol. The second-order valence-electron chi connectivity index (χ2n) is 8.18. The summed E-state index contributed by atoms with van der Waals surface area (Å²) in [6, 6.07) is 7.84. The van der Waals surface area contributed by atoms with Crippen molar-refractivity contribution in [2.75, 3.05) is 26.8 Å². The summed E-state index contributed by atoms with van der Waals surface area (Å²) in [5.74, 6) is 1.22. The molecular formula is C21H34N2O3. The first-order valence-corrected chi connectivity index (χ1v) is 9.63. The maximum absolute atomic E-state index is 12.5. The van der Waals surface area contributed by atoms with Crippen LogP contribution in [0.25, 0.3) is 0 Å². The van der Waals surface area contributed by atoms with Crippen LogP contribution in [0.3, 0.4) is 0 Å². The minimum Gasteiger partial charge on any atom is -0.494 e. The zero-order chi connectivity index (χ0) is 19.2. The molecule has 1 aliphatic rings. The highest BCUT2D eigenvalue weighted by atomic mass is 16.5. The van der Waals surface area contributed by atoms with Gasteiger partial charge in [0, 0.05) is 32.7 Å². The van der Waals surface area contributed by atoms with Gasteiger partial charge in [0.05, 0.1) is 12.7 Å². The second-order valence-corrected chi connectivity index (χ2v) is 8.18. The van der Waals surface area contributed by atoms with Crippen LogP contribution in [0.1, 0.15) is 46.1 Å². The number of carbonyl (C=O) groups excluding carboxylic acids is 1. The number of urea groups is 1. The Morgan fingerprint density at radius 3 is 2.62 bits per heavy atom. The summed E-state index contributed by atoms with van der Waals surface area (Å²) < 4.78 is 11.4. The van der Waals surface area contributed by atoms with Gasteiger partial charge in [-0.25, -0.2) is 4.79 Å². The third kappa shape index (κ3) is 5.90. The van der Waals surface area contributed by atoms with E-state index >= 15 is 0 Å². The van der Waals surface area contributed by atoms with Gasteiger partial charge in [-0.3, -0.25) is 0 Å². The molecule has 2 atom stereocenters. The molecule has 1 aliphatic heterocycles. The van der Waals surface area contributed by atoms with Crippen LogP contribution in [0.5, 0.6) is 5.75 Å². The Balaban J connectivity index is 1.84. The molecule has 5 heteroatoms. The molecule has 0 aromatic heterocycles. The van der Waals surface area contributed by atoms with Crippen LogP contribution < -0.4 is 10.1 Å². The van der Waals surface area contributed by atoms with Gasteiger partial charge in [-0.05, 0) is 42.9 Å². The molecule has 1 saturated heterocycles. The van der Waals surface area contributed by atoms with E-state index in [4.69, 9.17) is 9.47 Å². The first-order chi connectivity index (χ1) is 12.3. The van der Waals surface area contributed by atoms with Crippen molar-refractivity contribution in [2.45, 2.75) is 53.2 Å². The van der Waals surface area contributed by atoms with Gasteiger partial charge in [0.15, 0.2) is 0 Å². The molecule has 1 fully saturated rings. The predicted molar refractivity (Wildman–Crippen MR) is 104 cm³/mol. The van der Waals surface area contributed by atoms with Crippen LogP contribution in [0, 0.1) is 11.3 Å². The van der Waals surface area contributed by atoms with Crippen molar-refractivity contribution in [3.8, 4) is 5.75 Å². The molecule has 0 aliphatic carbocycles. The Kier molecular flexibility index (Phi) is 7.33. The fourth-order valence-electron chi connectivity index (χ4n) is 3.57. The normalized spacial score (nSPS) is 20.5. The SMILES string of the molecule is CCOc1ccc(CN(C)C(=O)NCC2CCCOC2C(C)(C)C)cc1. The maximum atomic E-state index is 12.5. The van der Waals surface area contributed by atoms with E-state index in [1.807, 2.05) is 38.2 Å². The van der Waals surface area contributed by atoms with Crippen LogP contribution in [-0.4, -0.2) is 43.8 Å². The van der Waals surface area contributed by atoms with E-state index < -0.39 is 0 Å². The number of nitrogens with zero attached hydrogens (tertiary/aromatic N) is 1. The van der Waals surface area contributed by atoms with Crippen molar-refractivity contribution in [1.82, 2.24) is 10.2 Å². The molecule has 5 nitrogen and oxygen atoms in total. The number of ether oxygens (including phenoxy) is 2.